The van der Waals surface area contributed by atoms with Crippen molar-refractivity contribution < 1.29 is 19.8 Å². The molecule has 0 saturated heterocycles. The van der Waals surface area contributed by atoms with E-state index >= 15 is 0 Å². The molecule has 0 fully saturated rings. The van der Waals surface area contributed by atoms with E-state index in [1.807, 2.05) is 24.4 Å². The zero-order chi connectivity index (χ0) is 14.3. The van der Waals surface area contributed by atoms with E-state index in [-0.39, 0.29) is 19.1 Å². The molecule has 0 bridgehead atoms. The zero-order valence-corrected chi connectivity index (χ0v) is 11.4. The van der Waals surface area contributed by atoms with Crippen LogP contribution >= 0.6 is 11.3 Å². The van der Waals surface area contributed by atoms with Crippen LogP contribution in [0.15, 0.2) is 17.5 Å². The van der Waals surface area contributed by atoms with E-state index in [2.05, 4.69) is 10.6 Å². The SMILES string of the molecule is CCC(NC(=O)N[C@H](CCO)C(=O)O)c1cccs1. The van der Waals surface area contributed by atoms with E-state index in [1.54, 1.807) is 0 Å². The van der Waals surface area contributed by atoms with Gasteiger partial charge in [0.25, 0.3) is 0 Å². The predicted octanol–water partition coefficient (Wildman–Crippen LogP) is 1.33. The molecular formula is C12H18N2O4S. The van der Waals surface area contributed by atoms with Gasteiger partial charge in [-0.2, -0.15) is 0 Å². The van der Waals surface area contributed by atoms with Gasteiger partial charge < -0.3 is 20.8 Å². The fourth-order valence-corrected chi connectivity index (χ4v) is 2.47. The molecule has 19 heavy (non-hydrogen) atoms. The summed E-state index contributed by atoms with van der Waals surface area (Å²) in [6, 6.07) is 2.06. The minimum absolute atomic E-state index is 0.0153. The van der Waals surface area contributed by atoms with Crippen molar-refractivity contribution in [2.75, 3.05) is 6.61 Å². The van der Waals surface area contributed by atoms with Crippen LogP contribution in [0.1, 0.15) is 30.7 Å². The van der Waals surface area contributed by atoms with Gasteiger partial charge in [0.2, 0.25) is 0 Å². The number of carbonyl (C=O) groups excluding carboxylic acids is 1. The number of aliphatic hydroxyl groups is 1. The maximum atomic E-state index is 11.7. The number of aliphatic carboxylic acids is 1. The molecule has 0 radical (unpaired) electrons. The molecule has 0 saturated carbocycles. The van der Waals surface area contributed by atoms with E-state index in [1.165, 1.54) is 11.3 Å². The van der Waals surface area contributed by atoms with Crippen LogP contribution in [-0.2, 0) is 4.79 Å². The summed E-state index contributed by atoms with van der Waals surface area (Å²) in [5.41, 5.74) is 0. The molecular weight excluding hydrogens is 268 g/mol. The van der Waals surface area contributed by atoms with Gasteiger partial charge in [0.1, 0.15) is 6.04 Å². The van der Waals surface area contributed by atoms with Gasteiger partial charge in [0.15, 0.2) is 0 Å². The van der Waals surface area contributed by atoms with Gasteiger partial charge in [-0.25, -0.2) is 9.59 Å². The Kier molecular flexibility index (Phi) is 6.31. The van der Waals surface area contributed by atoms with Crippen LogP contribution in [0.5, 0.6) is 0 Å². The van der Waals surface area contributed by atoms with Crippen LogP contribution in [0, 0.1) is 0 Å². The molecule has 0 aliphatic heterocycles. The molecule has 2 amide bonds. The minimum atomic E-state index is -1.16. The number of carbonyl (C=O) groups is 2. The summed E-state index contributed by atoms with van der Waals surface area (Å²) in [5.74, 6) is -1.16. The van der Waals surface area contributed by atoms with Crippen LogP contribution < -0.4 is 10.6 Å². The molecule has 0 aliphatic rings. The number of hydrogen-bond donors (Lipinski definition) is 4. The molecule has 1 unspecified atom stereocenters. The highest BCUT2D eigenvalue weighted by molar-refractivity contribution is 7.10. The second-order valence-electron chi connectivity index (χ2n) is 4.00. The number of carboxylic acid groups (broad SMARTS) is 1. The number of thiophene rings is 1. The first-order valence-corrected chi connectivity index (χ1v) is 6.90. The van der Waals surface area contributed by atoms with Crippen molar-refractivity contribution >= 4 is 23.3 Å². The third-order valence-electron chi connectivity index (χ3n) is 2.62. The average molecular weight is 286 g/mol. The summed E-state index contributed by atoms with van der Waals surface area (Å²) in [6.45, 7) is 1.65. The van der Waals surface area contributed by atoms with Crippen molar-refractivity contribution in [3.63, 3.8) is 0 Å². The summed E-state index contributed by atoms with van der Waals surface area (Å²) >= 11 is 1.53. The van der Waals surface area contributed by atoms with Crippen molar-refractivity contribution in [1.82, 2.24) is 10.6 Å². The third kappa shape index (κ3) is 4.88. The van der Waals surface area contributed by atoms with Crippen LogP contribution in [0.4, 0.5) is 4.79 Å². The third-order valence-corrected chi connectivity index (χ3v) is 3.61. The molecule has 4 N–H and O–H groups in total. The van der Waals surface area contributed by atoms with Gasteiger partial charge in [0, 0.05) is 17.9 Å². The molecule has 106 valence electrons. The predicted molar refractivity (Wildman–Crippen MR) is 72.1 cm³/mol. The Labute approximate surface area is 115 Å². The normalized spacial score (nSPS) is 13.6. The second kappa shape index (κ2) is 7.75. The summed E-state index contributed by atoms with van der Waals surface area (Å²) in [7, 11) is 0. The standard InChI is InChI=1S/C12H18N2O4S/c1-2-8(10-4-3-7-19-10)13-12(18)14-9(5-6-15)11(16)17/h3-4,7-9,15H,2,5-6H2,1H3,(H,16,17)(H2,13,14,18)/t8?,9-/m1/s1. The van der Waals surface area contributed by atoms with E-state index in [9.17, 15) is 9.59 Å². The fraction of sp³-hybridized carbons (Fsp3) is 0.500. The molecule has 1 heterocycles. The van der Waals surface area contributed by atoms with E-state index in [0.717, 1.165) is 4.88 Å². The number of aliphatic hydroxyl groups excluding tert-OH is 1. The Morgan fingerprint density at radius 2 is 2.16 bits per heavy atom. The van der Waals surface area contributed by atoms with E-state index in [4.69, 9.17) is 10.2 Å². The second-order valence-corrected chi connectivity index (χ2v) is 4.98. The highest BCUT2D eigenvalue weighted by Crippen LogP contribution is 2.21. The van der Waals surface area contributed by atoms with Gasteiger partial charge in [-0.05, 0) is 17.9 Å². The van der Waals surface area contributed by atoms with Gasteiger partial charge in [-0.1, -0.05) is 13.0 Å². The molecule has 1 aromatic rings. The van der Waals surface area contributed by atoms with Crippen LogP contribution in [0.2, 0.25) is 0 Å². The molecule has 0 aromatic carbocycles. The van der Waals surface area contributed by atoms with Crippen molar-refractivity contribution in [3.05, 3.63) is 22.4 Å². The fourth-order valence-electron chi connectivity index (χ4n) is 1.61. The quantitative estimate of drug-likeness (QED) is 0.608. The van der Waals surface area contributed by atoms with E-state index < -0.39 is 18.0 Å². The number of urea groups is 1. The van der Waals surface area contributed by atoms with Gasteiger partial charge in [-0.3, -0.25) is 0 Å². The minimum Gasteiger partial charge on any atom is -0.480 e. The Hall–Kier alpha value is -1.60. The first kappa shape index (κ1) is 15.5. The Balaban J connectivity index is 2.55. The maximum absolute atomic E-state index is 11.7. The summed E-state index contributed by atoms with van der Waals surface area (Å²) < 4.78 is 0. The molecule has 7 heteroatoms. The number of rotatable bonds is 7. The van der Waals surface area contributed by atoms with Crippen molar-refractivity contribution in [3.8, 4) is 0 Å². The molecule has 2 atom stereocenters. The van der Waals surface area contributed by atoms with Gasteiger partial charge >= 0.3 is 12.0 Å². The molecule has 1 rings (SSSR count). The van der Waals surface area contributed by atoms with Gasteiger partial charge in [0.05, 0.1) is 6.04 Å². The molecule has 1 aromatic heterocycles. The van der Waals surface area contributed by atoms with Crippen molar-refractivity contribution in [2.45, 2.75) is 31.8 Å². The lowest BCUT2D eigenvalue weighted by molar-refractivity contribution is -0.139. The molecule has 0 spiro atoms. The Bertz CT molecular complexity index is 408. The average Bonchev–Trinajstić information content (AvgIpc) is 2.89. The summed E-state index contributed by atoms with van der Waals surface area (Å²) in [4.78, 5) is 23.6. The zero-order valence-electron chi connectivity index (χ0n) is 10.6. The lowest BCUT2D eigenvalue weighted by Gasteiger charge is -2.18. The first-order valence-electron chi connectivity index (χ1n) is 6.02. The summed E-state index contributed by atoms with van der Waals surface area (Å²) in [5, 5.41) is 24.6. The first-order chi connectivity index (χ1) is 9.08. The van der Waals surface area contributed by atoms with Crippen LogP contribution in [0.3, 0.4) is 0 Å². The summed E-state index contributed by atoms with van der Waals surface area (Å²) in [6.07, 6.45) is 0.699. The number of nitrogens with one attached hydrogen (secondary N) is 2. The number of carboxylic acids is 1. The monoisotopic (exact) mass is 286 g/mol. The van der Waals surface area contributed by atoms with Crippen LogP contribution in [-0.4, -0.2) is 34.9 Å². The highest BCUT2D eigenvalue weighted by Gasteiger charge is 2.21. The topological polar surface area (TPSA) is 98.7 Å². The maximum Gasteiger partial charge on any atom is 0.326 e. The molecule has 0 aliphatic carbocycles. The van der Waals surface area contributed by atoms with Crippen LogP contribution in [0.25, 0.3) is 0 Å². The Morgan fingerprint density at radius 3 is 2.63 bits per heavy atom. The number of amides is 2. The number of hydrogen-bond acceptors (Lipinski definition) is 4. The largest absolute Gasteiger partial charge is 0.480 e. The lowest BCUT2D eigenvalue weighted by Crippen LogP contribution is -2.47. The van der Waals surface area contributed by atoms with Crippen molar-refractivity contribution in [1.29, 1.82) is 0 Å². The molecule has 6 nitrogen and oxygen atoms in total. The smallest absolute Gasteiger partial charge is 0.326 e. The van der Waals surface area contributed by atoms with Gasteiger partial charge in [-0.15, -0.1) is 11.3 Å². The highest BCUT2D eigenvalue weighted by atomic mass is 32.1. The Morgan fingerprint density at radius 1 is 1.42 bits per heavy atom. The van der Waals surface area contributed by atoms with E-state index in [0.29, 0.717) is 6.42 Å². The van der Waals surface area contributed by atoms with Crippen molar-refractivity contribution in [2.24, 2.45) is 0 Å². The lowest BCUT2D eigenvalue weighted by atomic mass is 10.2.